The first-order valence-electron chi connectivity index (χ1n) is 7.53. The number of aryl methyl sites for hydroxylation is 1. The van der Waals surface area contributed by atoms with Crippen molar-refractivity contribution in [1.82, 2.24) is 0 Å². The van der Waals surface area contributed by atoms with E-state index in [0.29, 0.717) is 22.4 Å². The maximum absolute atomic E-state index is 12.3. The molecule has 26 heavy (non-hydrogen) atoms. The predicted molar refractivity (Wildman–Crippen MR) is 106 cm³/mol. The van der Waals surface area contributed by atoms with Crippen LogP contribution < -0.4 is 16.8 Å². The maximum atomic E-state index is 12.3. The second kappa shape index (κ2) is 7.71. The zero-order valence-electron chi connectivity index (χ0n) is 13.9. The molecule has 0 unspecified atom stereocenters. The van der Waals surface area contributed by atoms with Crippen LogP contribution in [0.25, 0.3) is 11.6 Å². The summed E-state index contributed by atoms with van der Waals surface area (Å²) in [5.74, 6) is -0.178. The zero-order valence-corrected chi connectivity index (χ0v) is 14.7. The van der Waals surface area contributed by atoms with Gasteiger partial charge in [0.15, 0.2) is 0 Å². The van der Waals surface area contributed by atoms with Gasteiger partial charge in [-0.3, -0.25) is 4.79 Å². The smallest absolute Gasteiger partial charge is 0.256 e. The molecule has 3 rings (SSSR count). The van der Waals surface area contributed by atoms with E-state index in [2.05, 4.69) is 15.5 Å². The molecule has 0 radical (unpaired) electrons. The van der Waals surface area contributed by atoms with Crippen LogP contribution in [0.5, 0.6) is 5.75 Å². The van der Waals surface area contributed by atoms with E-state index in [1.54, 1.807) is 25.1 Å². The largest absolute Gasteiger partial charge is 0.508 e. The summed E-state index contributed by atoms with van der Waals surface area (Å²) >= 11 is 0. The number of hydrogen-bond donors (Lipinski definition) is 4. The molecule has 8 heteroatoms. The van der Waals surface area contributed by atoms with Crippen LogP contribution >= 0.6 is 12.4 Å². The number of rotatable bonds is 3. The van der Waals surface area contributed by atoms with Crippen molar-refractivity contribution in [2.45, 2.75) is 6.92 Å². The van der Waals surface area contributed by atoms with Gasteiger partial charge in [-0.25, -0.2) is 0 Å². The number of nitrogens with two attached hydrogens (primary N) is 2. The molecule has 1 aliphatic heterocycles. The number of hydrogen-bond acceptors (Lipinski definition) is 4. The van der Waals surface area contributed by atoms with Crippen molar-refractivity contribution in [2.24, 2.45) is 21.7 Å². The normalized spacial score (nSPS) is 14.0. The lowest BCUT2D eigenvalue weighted by atomic mass is 10.0. The summed E-state index contributed by atoms with van der Waals surface area (Å²) in [7, 11) is 0. The van der Waals surface area contributed by atoms with Crippen LogP contribution in [0.1, 0.15) is 22.3 Å². The van der Waals surface area contributed by atoms with E-state index in [9.17, 15) is 9.90 Å². The Balaban J connectivity index is 0.00000243. The lowest BCUT2D eigenvalue weighted by Crippen LogP contribution is -2.21. The summed E-state index contributed by atoms with van der Waals surface area (Å²) in [4.78, 5) is 12.3. The minimum atomic E-state index is -0.209. The van der Waals surface area contributed by atoms with Crippen LogP contribution in [0, 0.1) is 6.92 Å². The zero-order chi connectivity index (χ0) is 18.0. The summed E-state index contributed by atoms with van der Waals surface area (Å²) in [5, 5.41) is 20.0. The Morgan fingerprint density at radius 2 is 1.92 bits per heavy atom. The van der Waals surface area contributed by atoms with Gasteiger partial charge in [-0.05, 0) is 47.9 Å². The Bertz CT molecular complexity index is 947. The van der Waals surface area contributed by atoms with Gasteiger partial charge in [0.2, 0.25) is 5.96 Å². The van der Waals surface area contributed by atoms with E-state index in [1.165, 1.54) is 6.21 Å². The topological polar surface area (TPSA) is 126 Å². The van der Waals surface area contributed by atoms with Crippen molar-refractivity contribution >= 4 is 47.8 Å². The van der Waals surface area contributed by atoms with E-state index in [-0.39, 0.29) is 30.0 Å². The van der Waals surface area contributed by atoms with Crippen LogP contribution in [-0.4, -0.2) is 23.2 Å². The van der Waals surface area contributed by atoms with E-state index in [1.807, 2.05) is 24.3 Å². The highest BCUT2D eigenvalue weighted by Crippen LogP contribution is 2.37. The molecule has 0 saturated heterocycles. The molecule has 7 nitrogen and oxygen atoms in total. The van der Waals surface area contributed by atoms with Gasteiger partial charge in [0.25, 0.3) is 5.91 Å². The Morgan fingerprint density at radius 3 is 2.65 bits per heavy atom. The summed E-state index contributed by atoms with van der Waals surface area (Å²) < 4.78 is 0. The Morgan fingerprint density at radius 1 is 1.19 bits per heavy atom. The highest BCUT2D eigenvalue weighted by molar-refractivity contribution is 6.35. The molecule has 0 aromatic heterocycles. The van der Waals surface area contributed by atoms with Gasteiger partial charge in [-0.2, -0.15) is 5.10 Å². The van der Waals surface area contributed by atoms with Gasteiger partial charge in [0.1, 0.15) is 5.75 Å². The van der Waals surface area contributed by atoms with Crippen molar-refractivity contribution < 1.29 is 9.90 Å². The number of guanidine groups is 1. The molecule has 2 aromatic rings. The number of aromatic hydroxyl groups is 1. The third-order valence-corrected chi connectivity index (χ3v) is 3.72. The Labute approximate surface area is 156 Å². The Kier molecular flexibility index (Phi) is 5.64. The minimum absolute atomic E-state index is 0. The molecule has 0 bridgehead atoms. The maximum Gasteiger partial charge on any atom is 0.256 e. The summed E-state index contributed by atoms with van der Waals surface area (Å²) in [6.45, 7) is 1.78. The molecule has 1 amide bonds. The fourth-order valence-corrected chi connectivity index (χ4v) is 2.54. The number of carbonyl (C=O) groups excluding carboxylic acids is 1. The first-order chi connectivity index (χ1) is 11.9. The minimum Gasteiger partial charge on any atom is -0.508 e. The van der Waals surface area contributed by atoms with Gasteiger partial charge in [-0.1, -0.05) is 18.2 Å². The summed E-state index contributed by atoms with van der Waals surface area (Å²) in [6, 6.07) is 10.7. The number of amides is 1. The fraction of sp³-hybridized carbons (Fsp3) is 0.0556. The van der Waals surface area contributed by atoms with Crippen molar-refractivity contribution in [3.05, 3.63) is 58.7 Å². The SMILES string of the molecule is Cc1cc2c(cc1O)/C(=C\c1cccc(/C=N/N=C(N)N)c1)C(=O)N2.Cl. The van der Waals surface area contributed by atoms with Gasteiger partial charge in [0.05, 0.1) is 6.21 Å². The Hall–Kier alpha value is -3.32. The van der Waals surface area contributed by atoms with Gasteiger partial charge in [0, 0.05) is 16.8 Å². The van der Waals surface area contributed by atoms with Crippen LogP contribution in [0.15, 0.2) is 46.6 Å². The van der Waals surface area contributed by atoms with Gasteiger partial charge >= 0.3 is 0 Å². The fourth-order valence-electron chi connectivity index (χ4n) is 2.54. The predicted octanol–water partition coefficient (Wildman–Crippen LogP) is 2.22. The lowest BCUT2D eigenvalue weighted by molar-refractivity contribution is -0.110. The second-order valence-electron chi connectivity index (χ2n) is 5.64. The monoisotopic (exact) mass is 371 g/mol. The molecule has 6 N–H and O–H groups in total. The molecule has 0 spiro atoms. The highest BCUT2D eigenvalue weighted by Gasteiger charge is 2.25. The van der Waals surface area contributed by atoms with Crippen molar-refractivity contribution in [3.8, 4) is 5.75 Å². The van der Waals surface area contributed by atoms with Crippen LogP contribution in [0.3, 0.4) is 0 Å². The number of phenolic OH excluding ortho intramolecular Hbond substituents is 1. The first-order valence-corrected chi connectivity index (χ1v) is 7.53. The summed E-state index contributed by atoms with van der Waals surface area (Å²) in [5.41, 5.74) is 14.6. The highest BCUT2D eigenvalue weighted by atomic mass is 35.5. The van der Waals surface area contributed by atoms with E-state index < -0.39 is 0 Å². The third kappa shape index (κ3) is 4.01. The molecular formula is C18H18ClN5O2. The molecule has 1 aliphatic rings. The number of nitrogens with one attached hydrogen (secondary N) is 1. The van der Waals surface area contributed by atoms with Crippen LogP contribution in [0.4, 0.5) is 5.69 Å². The number of carbonyl (C=O) groups is 1. The number of halogens is 1. The molecule has 0 aliphatic carbocycles. The van der Waals surface area contributed by atoms with E-state index in [0.717, 1.165) is 11.1 Å². The molecule has 0 atom stereocenters. The molecule has 1 heterocycles. The van der Waals surface area contributed by atoms with Crippen LogP contribution in [-0.2, 0) is 4.79 Å². The first kappa shape index (κ1) is 19.0. The van der Waals surface area contributed by atoms with Crippen molar-refractivity contribution in [1.29, 1.82) is 0 Å². The third-order valence-electron chi connectivity index (χ3n) is 3.72. The molecule has 0 saturated carbocycles. The number of nitrogens with zero attached hydrogens (tertiary/aromatic N) is 2. The van der Waals surface area contributed by atoms with E-state index >= 15 is 0 Å². The molecule has 0 fully saturated rings. The molecular weight excluding hydrogens is 354 g/mol. The lowest BCUT2D eigenvalue weighted by Gasteiger charge is -2.03. The van der Waals surface area contributed by atoms with Crippen LogP contribution in [0.2, 0.25) is 0 Å². The van der Waals surface area contributed by atoms with Gasteiger partial charge in [-0.15, -0.1) is 17.5 Å². The number of phenols is 1. The number of benzene rings is 2. The second-order valence-corrected chi connectivity index (χ2v) is 5.64. The number of anilines is 1. The van der Waals surface area contributed by atoms with Gasteiger partial charge < -0.3 is 21.9 Å². The van der Waals surface area contributed by atoms with Crippen molar-refractivity contribution in [2.75, 3.05) is 5.32 Å². The summed E-state index contributed by atoms with van der Waals surface area (Å²) in [6.07, 6.45) is 3.27. The molecule has 134 valence electrons. The van der Waals surface area contributed by atoms with E-state index in [4.69, 9.17) is 11.5 Å². The standard InChI is InChI=1S/C18H17N5O2.ClH/c1-10-5-15-13(8-16(10)24)14(17(25)22-15)7-11-3-2-4-12(6-11)9-21-23-18(19)20;/h2-9,24H,1H3,(H,22,25)(H4,19,20,23);1H/b14-7+,21-9+;. The quantitative estimate of drug-likeness (QED) is 0.217. The average Bonchev–Trinajstić information content (AvgIpc) is 2.83. The van der Waals surface area contributed by atoms with Crippen molar-refractivity contribution in [3.63, 3.8) is 0 Å². The average molecular weight is 372 g/mol. The molecule has 2 aromatic carbocycles. The number of fused-ring (bicyclic) bond motifs is 1.